The Hall–Kier alpha value is -4.25. The van der Waals surface area contributed by atoms with Gasteiger partial charge in [-0.1, -0.05) is 60.7 Å². The highest BCUT2D eigenvalue weighted by atomic mass is 16.4. The van der Waals surface area contributed by atoms with E-state index in [4.69, 9.17) is 10.8 Å². The Kier molecular flexibility index (Phi) is 11.2. The molecule has 2 aromatic carbocycles. The van der Waals surface area contributed by atoms with E-state index < -0.39 is 60.2 Å². The van der Waals surface area contributed by atoms with Crippen LogP contribution in [0.1, 0.15) is 30.9 Å². The highest BCUT2D eigenvalue weighted by Crippen LogP contribution is 2.08. The van der Waals surface area contributed by atoms with Gasteiger partial charge in [-0.2, -0.15) is 0 Å². The van der Waals surface area contributed by atoms with Crippen molar-refractivity contribution in [3.63, 3.8) is 0 Å². The third-order valence-corrected chi connectivity index (χ3v) is 5.51. The molecule has 7 N–H and O–H groups in total. The Balaban J connectivity index is 2.24. The summed E-state index contributed by atoms with van der Waals surface area (Å²) >= 11 is 0. The summed E-state index contributed by atoms with van der Waals surface area (Å²) in [6.07, 6.45) is -0.585. The van der Waals surface area contributed by atoms with Gasteiger partial charge in [0.25, 0.3) is 0 Å². The van der Waals surface area contributed by atoms with E-state index in [0.717, 1.165) is 0 Å². The third-order valence-electron chi connectivity index (χ3n) is 5.51. The predicted octanol–water partition coefficient (Wildman–Crippen LogP) is 0.223. The molecule has 4 atom stereocenters. The quantitative estimate of drug-likeness (QED) is 0.207. The van der Waals surface area contributed by atoms with Crippen LogP contribution in [-0.4, -0.2) is 64.0 Å². The number of nitrogens with two attached hydrogens (primary N) is 1. The van der Waals surface area contributed by atoms with Gasteiger partial charge < -0.3 is 31.9 Å². The summed E-state index contributed by atoms with van der Waals surface area (Å²) in [5, 5.41) is 26.2. The molecule has 11 heteroatoms. The number of carboxylic acid groups (broad SMARTS) is 2. The van der Waals surface area contributed by atoms with Crippen LogP contribution in [0.4, 0.5) is 0 Å². The fourth-order valence-electron chi connectivity index (χ4n) is 3.49. The summed E-state index contributed by atoms with van der Waals surface area (Å²) < 4.78 is 0. The van der Waals surface area contributed by atoms with Gasteiger partial charge in [-0.05, 0) is 24.5 Å². The van der Waals surface area contributed by atoms with E-state index in [1.165, 1.54) is 6.92 Å². The first-order valence-electron chi connectivity index (χ1n) is 11.8. The average molecular weight is 513 g/mol. The number of nitrogens with one attached hydrogen (secondary N) is 3. The highest BCUT2D eigenvalue weighted by Gasteiger charge is 2.30. The molecule has 11 nitrogen and oxygen atoms in total. The molecule has 2 aromatic rings. The Morgan fingerprint density at radius 1 is 0.703 bits per heavy atom. The van der Waals surface area contributed by atoms with Gasteiger partial charge in [-0.3, -0.25) is 19.2 Å². The first-order chi connectivity index (χ1) is 17.6. The van der Waals surface area contributed by atoms with E-state index in [0.29, 0.717) is 11.1 Å². The SMILES string of the molecule is CC(N)C(=O)NC(CCC(=O)O)C(=O)NC(Cc1ccccc1)C(=O)NC(Cc1ccccc1)C(=O)O. The van der Waals surface area contributed by atoms with E-state index in [9.17, 15) is 29.1 Å². The van der Waals surface area contributed by atoms with Gasteiger partial charge >= 0.3 is 11.9 Å². The molecule has 0 fully saturated rings. The lowest BCUT2D eigenvalue weighted by atomic mass is 10.0. The number of carbonyl (C=O) groups excluding carboxylic acids is 3. The van der Waals surface area contributed by atoms with Gasteiger partial charge in [0, 0.05) is 19.3 Å². The van der Waals surface area contributed by atoms with Crippen LogP contribution in [0, 0.1) is 0 Å². The monoisotopic (exact) mass is 512 g/mol. The maximum absolute atomic E-state index is 13.2. The number of amides is 3. The molecule has 0 aliphatic heterocycles. The number of aliphatic carboxylic acids is 2. The molecule has 0 aliphatic rings. The third kappa shape index (κ3) is 10.1. The Bertz CT molecular complexity index is 1080. The van der Waals surface area contributed by atoms with Gasteiger partial charge in [-0.25, -0.2) is 4.79 Å². The van der Waals surface area contributed by atoms with Crippen molar-refractivity contribution in [1.29, 1.82) is 0 Å². The zero-order chi connectivity index (χ0) is 27.4. The van der Waals surface area contributed by atoms with Gasteiger partial charge in [0.1, 0.15) is 18.1 Å². The normalized spacial score (nSPS) is 13.9. The second kappa shape index (κ2) is 14.3. The summed E-state index contributed by atoms with van der Waals surface area (Å²) in [4.78, 5) is 61.3. The fraction of sp³-hybridized carbons (Fsp3) is 0.346. The summed E-state index contributed by atoms with van der Waals surface area (Å²) in [7, 11) is 0. The van der Waals surface area contributed by atoms with E-state index in [1.807, 2.05) is 0 Å². The zero-order valence-corrected chi connectivity index (χ0v) is 20.4. The summed E-state index contributed by atoms with van der Waals surface area (Å²) in [6.45, 7) is 1.41. The standard InChI is InChI=1S/C26H32N4O7/c1-16(27)23(33)28-19(12-13-22(31)32)24(34)29-20(14-17-8-4-2-5-9-17)25(35)30-21(26(36)37)15-18-10-6-3-7-11-18/h2-11,16,19-21H,12-15,27H2,1H3,(H,28,33)(H,29,34)(H,30,35)(H,31,32)(H,36,37). The minimum atomic E-state index is -1.26. The van der Waals surface area contributed by atoms with Crippen molar-refractivity contribution in [2.45, 2.75) is 56.8 Å². The number of hydrogen-bond donors (Lipinski definition) is 6. The largest absolute Gasteiger partial charge is 0.481 e. The molecule has 2 rings (SSSR count). The lowest BCUT2D eigenvalue weighted by Gasteiger charge is -2.25. The first kappa shape index (κ1) is 29.0. The fourth-order valence-corrected chi connectivity index (χ4v) is 3.49. The second-order valence-corrected chi connectivity index (χ2v) is 8.62. The van der Waals surface area contributed by atoms with Crippen LogP contribution in [0.25, 0.3) is 0 Å². The van der Waals surface area contributed by atoms with E-state index in [2.05, 4.69) is 16.0 Å². The Morgan fingerprint density at radius 2 is 1.14 bits per heavy atom. The number of carboxylic acids is 2. The van der Waals surface area contributed by atoms with Crippen LogP contribution in [0.2, 0.25) is 0 Å². The molecular formula is C26H32N4O7. The van der Waals surface area contributed by atoms with Crippen LogP contribution < -0.4 is 21.7 Å². The molecule has 0 aromatic heterocycles. The molecule has 0 bridgehead atoms. The lowest BCUT2D eigenvalue weighted by Crippen LogP contribution is -2.57. The summed E-state index contributed by atoms with van der Waals surface area (Å²) in [6, 6.07) is 12.9. The van der Waals surface area contributed by atoms with Crippen LogP contribution in [0.3, 0.4) is 0 Å². The van der Waals surface area contributed by atoms with Crippen molar-refractivity contribution >= 4 is 29.7 Å². The topological polar surface area (TPSA) is 188 Å². The van der Waals surface area contributed by atoms with Crippen molar-refractivity contribution in [2.24, 2.45) is 5.73 Å². The molecule has 37 heavy (non-hydrogen) atoms. The molecule has 4 unspecified atom stereocenters. The second-order valence-electron chi connectivity index (χ2n) is 8.62. The van der Waals surface area contributed by atoms with Crippen molar-refractivity contribution < 1.29 is 34.2 Å². The van der Waals surface area contributed by atoms with Gasteiger partial charge in [0.15, 0.2) is 0 Å². The van der Waals surface area contributed by atoms with Gasteiger partial charge in [-0.15, -0.1) is 0 Å². The number of carbonyl (C=O) groups is 5. The lowest BCUT2D eigenvalue weighted by molar-refractivity contribution is -0.142. The average Bonchev–Trinajstić information content (AvgIpc) is 2.86. The van der Waals surface area contributed by atoms with E-state index in [1.54, 1.807) is 60.7 Å². The Morgan fingerprint density at radius 3 is 1.59 bits per heavy atom. The Labute approximate surface area is 214 Å². The first-order valence-corrected chi connectivity index (χ1v) is 11.8. The molecule has 3 amide bonds. The molecule has 0 spiro atoms. The molecule has 0 aliphatic carbocycles. The molecule has 0 radical (unpaired) electrons. The van der Waals surface area contributed by atoms with Crippen LogP contribution >= 0.6 is 0 Å². The maximum atomic E-state index is 13.2. The summed E-state index contributed by atoms with van der Waals surface area (Å²) in [5.74, 6) is -4.61. The number of benzene rings is 2. The van der Waals surface area contributed by atoms with Gasteiger partial charge in [0.2, 0.25) is 17.7 Å². The predicted molar refractivity (Wildman–Crippen MR) is 134 cm³/mol. The summed E-state index contributed by atoms with van der Waals surface area (Å²) in [5.41, 5.74) is 6.95. The number of rotatable bonds is 14. The molecule has 0 saturated heterocycles. The van der Waals surface area contributed by atoms with Crippen molar-refractivity contribution in [3.05, 3.63) is 71.8 Å². The zero-order valence-electron chi connectivity index (χ0n) is 20.4. The minimum Gasteiger partial charge on any atom is -0.481 e. The maximum Gasteiger partial charge on any atom is 0.326 e. The van der Waals surface area contributed by atoms with Crippen LogP contribution in [0.5, 0.6) is 0 Å². The highest BCUT2D eigenvalue weighted by molar-refractivity contribution is 5.94. The smallest absolute Gasteiger partial charge is 0.326 e. The van der Waals surface area contributed by atoms with E-state index >= 15 is 0 Å². The minimum absolute atomic E-state index is 0.0274. The van der Waals surface area contributed by atoms with Crippen molar-refractivity contribution in [2.75, 3.05) is 0 Å². The van der Waals surface area contributed by atoms with Crippen LogP contribution in [0.15, 0.2) is 60.7 Å². The molecule has 0 heterocycles. The molecular weight excluding hydrogens is 480 g/mol. The van der Waals surface area contributed by atoms with Crippen molar-refractivity contribution in [3.8, 4) is 0 Å². The number of hydrogen-bond acceptors (Lipinski definition) is 6. The van der Waals surface area contributed by atoms with Crippen molar-refractivity contribution in [1.82, 2.24) is 16.0 Å². The van der Waals surface area contributed by atoms with E-state index in [-0.39, 0.29) is 19.3 Å². The van der Waals surface area contributed by atoms with Gasteiger partial charge in [0.05, 0.1) is 6.04 Å². The van der Waals surface area contributed by atoms with Crippen LogP contribution in [-0.2, 0) is 36.8 Å². The molecule has 198 valence electrons. The molecule has 0 saturated carbocycles.